The van der Waals surface area contributed by atoms with Crippen molar-refractivity contribution in [1.82, 2.24) is 14.9 Å². The Kier molecular flexibility index (Phi) is 5.32. The molecule has 0 radical (unpaired) electrons. The van der Waals surface area contributed by atoms with Crippen LogP contribution < -0.4 is 5.32 Å². The molecule has 1 atom stereocenters. The van der Waals surface area contributed by atoms with Gasteiger partial charge in [0.25, 0.3) is 0 Å². The molecule has 0 aliphatic heterocycles. The van der Waals surface area contributed by atoms with Gasteiger partial charge in [-0.2, -0.15) is 0 Å². The molecule has 22 heavy (non-hydrogen) atoms. The number of nitrogens with zero attached hydrogens (tertiary/aromatic N) is 2. The van der Waals surface area contributed by atoms with Crippen LogP contribution >= 0.6 is 0 Å². The smallest absolute Gasteiger partial charge is 0.242 e. The molecule has 1 N–H and O–H groups in total. The molecule has 0 bridgehead atoms. The molecule has 0 aliphatic carbocycles. The molecule has 1 aromatic carbocycles. The molecular weight excluding hydrogens is 302 g/mol. The van der Waals surface area contributed by atoms with Crippen molar-refractivity contribution in [3.63, 3.8) is 0 Å². The van der Waals surface area contributed by atoms with E-state index in [0.29, 0.717) is 0 Å². The maximum atomic E-state index is 12.0. The predicted octanol–water partition coefficient (Wildman–Crippen LogP) is 1.18. The quantitative estimate of drug-likeness (QED) is 0.830. The summed E-state index contributed by atoms with van der Waals surface area (Å²) in [7, 11) is -3.24. The molecule has 0 saturated carbocycles. The molecule has 6 nitrogen and oxygen atoms in total. The Labute approximate surface area is 130 Å². The summed E-state index contributed by atoms with van der Waals surface area (Å²) in [5, 5.41) is 2.65. The number of rotatable bonds is 7. The minimum atomic E-state index is -3.24. The largest absolute Gasteiger partial charge is 0.353 e. The van der Waals surface area contributed by atoms with Crippen LogP contribution in [0.15, 0.2) is 49.1 Å². The van der Waals surface area contributed by atoms with Crippen LogP contribution in [-0.4, -0.2) is 36.2 Å². The average Bonchev–Trinajstić information content (AvgIpc) is 3.00. The highest BCUT2D eigenvalue weighted by Crippen LogP contribution is 2.06. The maximum Gasteiger partial charge on any atom is 0.242 e. The van der Waals surface area contributed by atoms with Gasteiger partial charge in [0.2, 0.25) is 5.91 Å². The number of carbonyl (C=O) groups excluding carboxylic acids is 1. The van der Waals surface area contributed by atoms with Crippen molar-refractivity contribution in [2.24, 2.45) is 0 Å². The van der Waals surface area contributed by atoms with Crippen LogP contribution in [-0.2, 0) is 20.4 Å². The lowest BCUT2D eigenvalue weighted by molar-refractivity contribution is -0.123. The van der Waals surface area contributed by atoms with Crippen molar-refractivity contribution in [3.8, 4) is 0 Å². The van der Waals surface area contributed by atoms with E-state index in [1.54, 1.807) is 54.5 Å². The monoisotopic (exact) mass is 321 g/mol. The Hall–Kier alpha value is -2.15. The summed E-state index contributed by atoms with van der Waals surface area (Å²) in [5.74, 6) is -0.321. The molecule has 0 fully saturated rings. The highest BCUT2D eigenvalue weighted by atomic mass is 32.2. The van der Waals surface area contributed by atoms with Gasteiger partial charge in [-0.3, -0.25) is 4.79 Å². The summed E-state index contributed by atoms with van der Waals surface area (Å²) in [6, 6.07) is 8.58. The number of aromatic nitrogens is 2. The number of benzene rings is 1. The number of carbonyl (C=O) groups is 1. The van der Waals surface area contributed by atoms with Gasteiger partial charge in [0.1, 0.15) is 6.04 Å². The first-order chi connectivity index (χ1) is 10.5. The number of amides is 1. The van der Waals surface area contributed by atoms with Gasteiger partial charge in [0.05, 0.1) is 17.8 Å². The van der Waals surface area contributed by atoms with Gasteiger partial charge < -0.3 is 9.88 Å². The fourth-order valence-corrected chi connectivity index (χ4v) is 3.27. The minimum Gasteiger partial charge on any atom is -0.353 e. The summed E-state index contributed by atoms with van der Waals surface area (Å²) in [6.07, 6.45) is 4.83. The summed E-state index contributed by atoms with van der Waals surface area (Å²) < 4.78 is 25.7. The number of imidazole rings is 1. The van der Waals surface area contributed by atoms with Gasteiger partial charge in [0.15, 0.2) is 9.84 Å². The lowest BCUT2D eigenvalue weighted by Crippen LogP contribution is -2.34. The molecule has 1 aromatic heterocycles. The van der Waals surface area contributed by atoms with Crippen LogP contribution in [0, 0.1) is 0 Å². The number of sulfone groups is 1. The van der Waals surface area contributed by atoms with Crippen molar-refractivity contribution >= 4 is 15.7 Å². The summed E-state index contributed by atoms with van der Waals surface area (Å²) >= 11 is 0. The zero-order chi connectivity index (χ0) is 16.0. The third kappa shape index (κ3) is 4.70. The van der Waals surface area contributed by atoms with E-state index in [2.05, 4.69) is 10.3 Å². The highest BCUT2D eigenvalue weighted by Gasteiger charge is 2.16. The van der Waals surface area contributed by atoms with E-state index in [4.69, 9.17) is 0 Å². The number of hydrogen-bond acceptors (Lipinski definition) is 4. The van der Waals surface area contributed by atoms with Crippen molar-refractivity contribution in [2.45, 2.75) is 18.7 Å². The fourth-order valence-electron chi connectivity index (χ4n) is 2.01. The highest BCUT2D eigenvalue weighted by molar-refractivity contribution is 7.90. The third-order valence-electron chi connectivity index (χ3n) is 3.29. The Balaban J connectivity index is 1.81. The molecule has 2 aromatic rings. The van der Waals surface area contributed by atoms with Gasteiger partial charge in [-0.15, -0.1) is 0 Å². The summed E-state index contributed by atoms with van der Waals surface area (Å²) in [4.78, 5) is 15.8. The third-order valence-corrected chi connectivity index (χ3v) is 4.89. The van der Waals surface area contributed by atoms with E-state index in [9.17, 15) is 13.2 Å². The van der Waals surface area contributed by atoms with Gasteiger partial charge in [-0.1, -0.05) is 30.3 Å². The number of hydrogen-bond donors (Lipinski definition) is 1. The standard InChI is InChI=1S/C15H19N3O3S/c1-13(18-9-7-16-12-18)15(19)17-8-10-22(20,21)11-14-5-3-2-4-6-14/h2-7,9,12-13H,8,10-11H2,1H3,(H,17,19)/t13-/m0/s1. The van der Waals surface area contributed by atoms with Crippen LogP contribution in [0.4, 0.5) is 0 Å². The van der Waals surface area contributed by atoms with Gasteiger partial charge >= 0.3 is 0 Å². The van der Waals surface area contributed by atoms with Crippen molar-refractivity contribution in [3.05, 3.63) is 54.6 Å². The molecule has 7 heteroatoms. The van der Waals surface area contributed by atoms with E-state index < -0.39 is 15.9 Å². The van der Waals surface area contributed by atoms with Gasteiger partial charge in [-0.05, 0) is 12.5 Å². The van der Waals surface area contributed by atoms with E-state index >= 15 is 0 Å². The second kappa shape index (κ2) is 7.22. The van der Waals surface area contributed by atoms with Gasteiger partial charge in [-0.25, -0.2) is 13.4 Å². The molecule has 1 amide bonds. The van der Waals surface area contributed by atoms with E-state index in [1.165, 1.54) is 0 Å². The molecule has 0 unspecified atom stereocenters. The molecule has 2 rings (SSSR count). The second-order valence-corrected chi connectivity index (χ2v) is 7.24. The first kappa shape index (κ1) is 16.2. The molecular formula is C15H19N3O3S. The first-order valence-corrected chi connectivity index (χ1v) is 8.79. The van der Waals surface area contributed by atoms with Crippen molar-refractivity contribution in [2.75, 3.05) is 12.3 Å². The first-order valence-electron chi connectivity index (χ1n) is 6.97. The Morgan fingerprint density at radius 3 is 2.68 bits per heavy atom. The molecule has 118 valence electrons. The Morgan fingerprint density at radius 2 is 2.05 bits per heavy atom. The maximum absolute atomic E-state index is 12.0. The lowest BCUT2D eigenvalue weighted by Gasteiger charge is -2.13. The average molecular weight is 321 g/mol. The normalized spacial score (nSPS) is 12.8. The zero-order valence-corrected chi connectivity index (χ0v) is 13.2. The van der Waals surface area contributed by atoms with Crippen LogP contribution in [0.5, 0.6) is 0 Å². The van der Waals surface area contributed by atoms with Crippen molar-refractivity contribution < 1.29 is 13.2 Å². The number of nitrogens with one attached hydrogen (secondary N) is 1. The molecule has 0 aliphatic rings. The fraction of sp³-hybridized carbons (Fsp3) is 0.333. The van der Waals surface area contributed by atoms with E-state index in [-0.39, 0.29) is 24.0 Å². The summed E-state index contributed by atoms with van der Waals surface area (Å²) in [6.45, 7) is 1.84. The Morgan fingerprint density at radius 1 is 1.32 bits per heavy atom. The Bertz CT molecular complexity index is 697. The zero-order valence-electron chi connectivity index (χ0n) is 12.3. The van der Waals surface area contributed by atoms with Crippen molar-refractivity contribution in [1.29, 1.82) is 0 Å². The van der Waals surface area contributed by atoms with Gasteiger partial charge in [0, 0.05) is 18.9 Å². The molecule has 1 heterocycles. The summed E-state index contributed by atoms with van der Waals surface area (Å²) in [5.41, 5.74) is 0.751. The van der Waals surface area contributed by atoms with Crippen LogP contribution in [0.25, 0.3) is 0 Å². The lowest BCUT2D eigenvalue weighted by atomic mass is 10.2. The topological polar surface area (TPSA) is 81.1 Å². The molecule has 0 saturated heterocycles. The van der Waals surface area contributed by atoms with Crippen LogP contribution in [0.3, 0.4) is 0 Å². The second-order valence-electron chi connectivity index (χ2n) is 5.05. The van der Waals surface area contributed by atoms with E-state index in [1.807, 2.05) is 6.07 Å². The molecule has 0 spiro atoms. The minimum absolute atomic E-state index is 0.0131. The van der Waals surface area contributed by atoms with E-state index in [0.717, 1.165) is 5.56 Å². The van der Waals surface area contributed by atoms with Crippen LogP contribution in [0.2, 0.25) is 0 Å². The predicted molar refractivity (Wildman–Crippen MR) is 83.9 cm³/mol. The van der Waals surface area contributed by atoms with Crippen LogP contribution in [0.1, 0.15) is 18.5 Å². The SMILES string of the molecule is C[C@@H](C(=O)NCCS(=O)(=O)Cc1ccccc1)n1ccnc1.